The molecule has 0 aliphatic carbocycles. The second-order valence-electron chi connectivity index (χ2n) is 3.88. The smallest absolute Gasteiger partial charge is 0.321 e. The van der Waals surface area contributed by atoms with Crippen LogP contribution >= 0.6 is 11.3 Å². The molecule has 2 aromatic rings. The Morgan fingerprint density at radius 3 is 2.78 bits per heavy atom. The highest BCUT2D eigenvalue weighted by molar-refractivity contribution is 7.09. The second-order valence-corrected chi connectivity index (χ2v) is 4.86. The standard InChI is InChI=1S/C11H15N5OS/c1-7(2)17-11-15-8(14-10(12-3)16-11)6-9-13-4-5-18-9/h4-5,7H,6H2,1-3H3,(H,12,14,15,16). The van der Waals surface area contributed by atoms with Gasteiger partial charge in [0.25, 0.3) is 0 Å². The SMILES string of the molecule is CNc1nc(Cc2nccs2)nc(OC(C)C)n1. The molecule has 1 N–H and O–H groups in total. The molecule has 18 heavy (non-hydrogen) atoms. The van der Waals surface area contributed by atoms with Crippen molar-refractivity contribution in [3.63, 3.8) is 0 Å². The van der Waals surface area contributed by atoms with Crippen molar-refractivity contribution in [2.75, 3.05) is 12.4 Å². The Hall–Kier alpha value is -1.76. The van der Waals surface area contributed by atoms with E-state index in [1.54, 1.807) is 24.6 Å². The molecule has 0 radical (unpaired) electrons. The van der Waals surface area contributed by atoms with Gasteiger partial charge in [-0.25, -0.2) is 4.98 Å². The minimum atomic E-state index is 0.0322. The van der Waals surface area contributed by atoms with E-state index in [1.807, 2.05) is 19.2 Å². The summed E-state index contributed by atoms with van der Waals surface area (Å²) in [7, 11) is 1.77. The summed E-state index contributed by atoms with van der Waals surface area (Å²) in [5.74, 6) is 1.16. The molecule has 2 rings (SSSR count). The third kappa shape index (κ3) is 3.36. The highest BCUT2D eigenvalue weighted by atomic mass is 32.1. The van der Waals surface area contributed by atoms with Gasteiger partial charge in [-0.1, -0.05) is 0 Å². The van der Waals surface area contributed by atoms with Crippen LogP contribution in [0, 0.1) is 0 Å². The molecule has 2 heterocycles. The number of aromatic nitrogens is 4. The number of rotatable bonds is 5. The fourth-order valence-electron chi connectivity index (χ4n) is 1.33. The van der Waals surface area contributed by atoms with E-state index in [4.69, 9.17) is 4.74 Å². The lowest BCUT2D eigenvalue weighted by molar-refractivity contribution is 0.221. The highest BCUT2D eigenvalue weighted by Gasteiger charge is 2.09. The number of anilines is 1. The zero-order valence-electron chi connectivity index (χ0n) is 10.5. The van der Waals surface area contributed by atoms with Crippen LogP contribution in [0.3, 0.4) is 0 Å². The monoisotopic (exact) mass is 265 g/mol. The van der Waals surface area contributed by atoms with Crippen molar-refractivity contribution in [3.05, 3.63) is 22.4 Å². The number of nitrogens with zero attached hydrogens (tertiary/aromatic N) is 4. The molecule has 0 aliphatic rings. The molecule has 0 saturated carbocycles. The summed E-state index contributed by atoms with van der Waals surface area (Å²) in [5.41, 5.74) is 0. The van der Waals surface area contributed by atoms with Gasteiger partial charge in [0.1, 0.15) is 10.8 Å². The minimum Gasteiger partial charge on any atom is -0.461 e. The van der Waals surface area contributed by atoms with Crippen molar-refractivity contribution >= 4 is 17.3 Å². The second kappa shape index (κ2) is 5.72. The van der Waals surface area contributed by atoms with E-state index in [9.17, 15) is 0 Å². The number of hydrogen-bond acceptors (Lipinski definition) is 7. The summed E-state index contributed by atoms with van der Waals surface area (Å²) < 4.78 is 5.50. The van der Waals surface area contributed by atoms with Crippen LogP contribution in [0.2, 0.25) is 0 Å². The molecule has 0 aliphatic heterocycles. The molecule has 0 fully saturated rings. The van der Waals surface area contributed by atoms with Crippen LogP contribution in [-0.2, 0) is 6.42 Å². The predicted octanol–water partition coefficient (Wildman–Crippen LogP) is 1.75. The minimum absolute atomic E-state index is 0.0322. The maximum atomic E-state index is 5.50. The molecule has 0 amide bonds. The summed E-state index contributed by atoms with van der Waals surface area (Å²) in [6, 6.07) is 0.343. The summed E-state index contributed by atoms with van der Waals surface area (Å²) in [5, 5.41) is 5.80. The van der Waals surface area contributed by atoms with Crippen LogP contribution in [0.15, 0.2) is 11.6 Å². The molecule has 0 unspecified atom stereocenters. The van der Waals surface area contributed by atoms with Gasteiger partial charge in [-0.15, -0.1) is 11.3 Å². The fourth-order valence-corrected chi connectivity index (χ4v) is 1.94. The first kappa shape index (κ1) is 12.7. The lowest BCUT2D eigenvalue weighted by atomic mass is 10.4. The van der Waals surface area contributed by atoms with E-state index in [1.165, 1.54) is 0 Å². The first-order chi connectivity index (χ1) is 8.67. The van der Waals surface area contributed by atoms with Crippen LogP contribution < -0.4 is 10.1 Å². The molecule has 0 atom stereocenters. The third-order valence-electron chi connectivity index (χ3n) is 2.02. The van der Waals surface area contributed by atoms with Gasteiger partial charge in [0, 0.05) is 18.6 Å². The normalized spacial score (nSPS) is 10.7. The van der Waals surface area contributed by atoms with Crippen LogP contribution in [0.25, 0.3) is 0 Å². The fraction of sp³-hybridized carbons (Fsp3) is 0.455. The number of nitrogens with one attached hydrogen (secondary N) is 1. The Morgan fingerprint density at radius 1 is 1.33 bits per heavy atom. The van der Waals surface area contributed by atoms with E-state index in [0.29, 0.717) is 24.2 Å². The largest absolute Gasteiger partial charge is 0.461 e. The van der Waals surface area contributed by atoms with Gasteiger partial charge in [0.2, 0.25) is 5.95 Å². The van der Waals surface area contributed by atoms with Crippen LogP contribution in [0.1, 0.15) is 24.7 Å². The van der Waals surface area contributed by atoms with Crippen LogP contribution in [-0.4, -0.2) is 33.1 Å². The lowest BCUT2D eigenvalue weighted by Crippen LogP contribution is -2.12. The van der Waals surface area contributed by atoms with E-state index < -0.39 is 0 Å². The van der Waals surface area contributed by atoms with Crippen LogP contribution in [0.5, 0.6) is 6.01 Å². The molecule has 6 nitrogen and oxygen atoms in total. The Balaban J connectivity index is 2.23. The Labute approximate surface area is 109 Å². The molecule has 96 valence electrons. The van der Waals surface area contributed by atoms with Gasteiger partial charge >= 0.3 is 6.01 Å². The topological polar surface area (TPSA) is 72.8 Å². The quantitative estimate of drug-likeness (QED) is 0.888. The average Bonchev–Trinajstić information content (AvgIpc) is 2.80. The van der Waals surface area contributed by atoms with E-state index in [2.05, 4.69) is 25.3 Å². The average molecular weight is 265 g/mol. The van der Waals surface area contributed by atoms with Gasteiger partial charge in [0.05, 0.1) is 12.5 Å². The molecule has 0 aromatic carbocycles. The first-order valence-electron chi connectivity index (χ1n) is 5.65. The molecular formula is C11H15N5OS. The zero-order valence-corrected chi connectivity index (χ0v) is 11.4. The molecular weight excluding hydrogens is 250 g/mol. The Bertz CT molecular complexity index is 500. The Morgan fingerprint density at radius 2 is 2.17 bits per heavy atom. The van der Waals surface area contributed by atoms with Gasteiger partial charge in [-0.3, -0.25) is 0 Å². The molecule has 2 aromatic heterocycles. The highest BCUT2D eigenvalue weighted by Crippen LogP contribution is 2.13. The van der Waals surface area contributed by atoms with Gasteiger partial charge in [-0.05, 0) is 13.8 Å². The van der Waals surface area contributed by atoms with E-state index in [0.717, 1.165) is 5.01 Å². The number of hydrogen-bond donors (Lipinski definition) is 1. The predicted molar refractivity (Wildman–Crippen MR) is 70.1 cm³/mol. The van der Waals surface area contributed by atoms with Crippen molar-refractivity contribution in [2.45, 2.75) is 26.4 Å². The van der Waals surface area contributed by atoms with Crippen LogP contribution in [0.4, 0.5) is 5.95 Å². The maximum Gasteiger partial charge on any atom is 0.321 e. The molecule has 0 spiro atoms. The summed E-state index contributed by atoms with van der Waals surface area (Å²) >= 11 is 1.58. The zero-order chi connectivity index (χ0) is 13.0. The van der Waals surface area contributed by atoms with Gasteiger partial charge < -0.3 is 10.1 Å². The van der Waals surface area contributed by atoms with Crippen molar-refractivity contribution in [2.24, 2.45) is 0 Å². The van der Waals surface area contributed by atoms with Crippen molar-refractivity contribution < 1.29 is 4.74 Å². The molecule has 7 heteroatoms. The van der Waals surface area contributed by atoms with E-state index in [-0.39, 0.29) is 6.10 Å². The number of ether oxygens (including phenoxy) is 1. The maximum absolute atomic E-state index is 5.50. The van der Waals surface area contributed by atoms with E-state index >= 15 is 0 Å². The molecule has 0 saturated heterocycles. The summed E-state index contributed by atoms with van der Waals surface area (Å²) in [4.78, 5) is 16.9. The molecule has 0 bridgehead atoms. The number of thiazole rings is 1. The van der Waals surface area contributed by atoms with Crippen molar-refractivity contribution in [3.8, 4) is 6.01 Å². The Kier molecular flexibility index (Phi) is 4.03. The summed E-state index contributed by atoms with van der Waals surface area (Å²) in [6.45, 7) is 3.87. The van der Waals surface area contributed by atoms with Crippen molar-refractivity contribution in [1.29, 1.82) is 0 Å². The summed E-state index contributed by atoms with van der Waals surface area (Å²) in [6.07, 6.45) is 2.39. The third-order valence-corrected chi connectivity index (χ3v) is 2.80. The van der Waals surface area contributed by atoms with Gasteiger partial charge in [0.15, 0.2) is 0 Å². The first-order valence-corrected chi connectivity index (χ1v) is 6.53. The van der Waals surface area contributed by atoms with Gasteiger partial charge in [-0.2, -0.15) is 15.0 Å². The lowest BCUT2D eigenvalue weighted by Gasteiger charge is -2.09. The van der Waals surface area contributed by atoms with Crippen molar-refractivity contribution in [1.82, 2.24) is 19.9 Å².